The number of nitrogens with zero attached hydrogens (tertiary/aromatic N) is 4. The molecule has 3 aromatic carbocycles. The van der Waals surface area contributed by atoms with Gasteiger partial charge in [-0.2, -0.15) is 0 Å². The molecule has 2 atom stereocenters. The molecular formula is C29H30BrN5O4. The van der Waals surface area contributed by atoms with Crippen molar-refractivity contribution in [1.29, 1.82) is 0 Å². The molecule has 0 aliphatic carbocycles. The summed E-state index contributed by atoms with van der Waals surface area (Å²) in [7, 11) is 1.71. The van der Waals surface area contributed by atoms with Crippen molar-refractivity contribution in [3.63, 3.8) is 0 Å². The molecule has 2 heterocycles. The van der Waals surface area contributed by atoms with Crippen molar-refractivity contribution in [1.82, 2.24) is 25.1 Å². The molecule has 2 N–H and O–H groups in total. The summed E-state index contributed by atoms with van der Waals surface area (Å²) in [5.41, 5.74) is 2.70. The van der Waals surface area contributed by atoms with Crippen molar-refractivity contribution in [2.75, 3.05) is 20.1 Å². The van der Waals surface area contributed by atoms with Gasteiger partial charge in [0.25, 0.3) is 0 Å². The fraction of sp³-hybridized carbons (Fsp3) is 0.276. The number of amides is 4. The Labute approximate surface area is 235 Å². The number of halogens is 1. The first kappa shape index (κ1) is 26.7. The Hall–Kier alpha value is -3.89. The van der Waals surface area contributed by atoms with E-state index in [4.69, 9.17) is 0 Å². The molecule has 39 heavy (non-hydrogen) atoms. The number of rotatable bonds is 6. The molecule has 0 saturated carbocycles. The lowest BCUT2D eigenvalue weighted by atomic mass is 9.98. The summed E-state index contributed by atoms with van der Waals surface area (Å²) < 4.78 is 0.904. The Kier molecular flexibility index (Phi) is 7.85. The molecular weight excluding hydrogens is 562 g/mol. The van der Waals surface area contributed by atoms with Crippen molar-refractivity contribution < 1.29 is 19.5 Å². The van der Waals surface area contributed by atoms with E-state index in [1.807, 2.05) is 54.6 Å². The van der Waals surface area contributed by atoms with Gasteiger partial charge in [-0.3, -0.25) is 9.59 Å². The third kappa shape index (κ3) is 5.91. The number of phenolic OH excluding ortho intramolecular Hbond substituents is 1. The van der Waals surface area contributed by atoms with Crippen LogP contribution < -0.4 is 5.32 Å². The topological polar surface area (TPSA) is 96.4 Å². The molecule has 2 aliphatic heterocycles. The SMILES string of the molecule is CN1CC(=O)N2[C@@H](Cc3ccc(O)cc3)C(=O)N(Cc3cccc(Br)c3)C[C@@H]2N1C(=O)NCc1ccccc1. The Balaban J connectivity index is 1.46. The number of piperazine rings is 1. The molecule has 10 heteroatoms. The molecule has 0 unspecified atom stereocenters. The minimum Gasteiger partial charge on any atom is -0.508 e. The van der Waals surface area contributed by atoms with E-state index in [1.54, 1.807) is 51.1 Å². The molecule has 4 amide bonds. The van der Waals surface area contributed by atoms with Crippen molar-refractivity contribution in [3.8, 4) is 5.75 Å². The van der Waals surface area contributed by atoms with E-state index in [0.717, 1.165) is 21.2 Å². The first-order chi connectivity index (χ1) is 18.8. The number of aromatic hydroxyl groups is 1. The third-order valence-corrected chi connectivity index (χ3v) is 7.56. The Morgan fingerprint density at radius 3 is 2.41 bits per heavy atom. The van der Waals surface area contributed by atoms with Crippen molar-refractivity contribution in [3.05, 3.63) is 100 Å². The molecule has 0 radical (unpaired) electrons. The summed E-state index contributed by atoms with van der Waals surface area (Å²) in [5.74, 6) is -0.268. The number of carbonyl (C=O) groups is 3. The number of hydrogen-bond donors (Lipinski definition) is 2. The summed E-state index contributed by atoms with van der Waals surface area (Å²) in [5, 5.41) is 15.9. The zero-order valence-corrected chi connectivity index (χ0v) is 23.1. The fourth-order valence-electron chi connectivity index (χ4n) is 5.21. The Morgan fingerprint density at radius 1 is 0.974 bits per heavy atom. The highest BCUT2D eigenvalue weighted by atomic mass is 79.9. The number of fused-ring (bicyclic) bond motifs is 1. The number of carbonyl (C=O) groups excluding carboxylic acids is 3. The second kappa shape index (κ2) is 11.5. The van der Waals surface area contributed by atoms with Gasteiger partial charge in [0.2, 0.25) is 11.8 Å². The van der Waals surface area contributed by atoms with Gasteiger partial charge in [0.15, 0.2) is 0 Å². The lowest BCUT2D eigenvalue weighted by Gasteiger charge is -2.54. The van der Waals surface area contributed by atoms with Gasteiger partial charge < -0.3 is 20.2 Å². The molecule has 2 saturated heterocycles. The van der Waals surface area contributed by atoms with Crippen LogP contribution in [0.25, 0.3) is 0 Å². The summed E-state index contributed by atoms with van der Waals surface area (Å²) in [4.78, 5) is 44.1. The molecule has 9 nitrogen and oxygen atoms in total. The van der Waals surface area contributed by atoms with E-state index in [1.165, 1.54) is 0 Å². The van der Waals surface area contributed by atoms with Crippen LogP contribution in [0.15, 0.2) is 83.3 Å². The van der Waals surface area contributed by atoms with Crippen molar-refractivity contribution in [2.24, 2.45) is 0 Å². The van der Waals surface area contributed by atoms with Gasteiger partial charge in [-0.1, -0.05) is 70.5 Å². The minimum absolute atomic E-state index is 0.0275. The zero-order valence-electron chi connectivity index (χ0n) is 21.5. The monoisotopic (exact) mass is 591 g/mol. The van der Waals surface area contributed by atoms with Crippen LogP contribution in [-0.2, 0) is 29.1 Å². The van der Waals surface area contributed by atoms with Crippen LogP contribution in [0.5, 0.6) is 5.75 Å². The number of hydrogen-bond acceptors (Lipinski definition) is 5. The molecule has 0 spiro atoms. The maximum atomic E-state index is 13.9. The lowest BCUT2D eigenvalue weighted by molar-refractivity contribution is -0.187. The predicted molar refractivity (Wildman–Crippen MR) is 149 cm³/mol. The minimum atomic E-state index is -0.800. The van der Waals surface area contributed by atoms with Gasteiger partial charge in [-0.15, -0.1) is 0 Å². The largest absolute Gasteiger partial charge is 0.508 e. The molecule has 2 fully saturated rings. The second-order valence-corrected chi connectivity index (χ2v) is 10.7. The molecule has 3 aromatic rings. The molecule has 2 aliphatic rings. The number of phenols is 1. The fourth-order valence-corrected chi connectivity index (χ4v) is 5.66. The molecule has 5 rings (SSSR count). The highest BCUT2D eigenvalue weighted by Gasteiger charge is 2.50. The standard InChI is InChI=1S/C29H30BrN5O4/c1-32-19-27(37)34-25(15-20-10-12-24(36)13-11-20)28(38)33(17-22-8-5-9-23(30)14-22)18-26(34)35(32)29(39)31-16-21-6-3-2-4-7-21/h2-14,25-26,36H,15-19H2,1H3,(H,31,39)/t25-,26-/m0/s1. The number of hydrazine groups is 1. The van der Waals surface area contributed by atoms with E-state index in [0.29, 0.717) is 13.1 Å². The number of urea groups is 1. The van der Waals surface area contributed by atoms with Crippen LogP contribution in [0.4, 0.5) is 4.79 Å². The lowest BCUT2D eigenvalue weighted by Crippen LogP contribution is -2.76. The molecule has 202 valence electrons. The smallest absolute Gasteiger partial charge is 0.334 e. The highest BCUT2D eigenvalue weighted by molar-refractivity contribution is 9.10. The maximum absolute atomic E-state index is 13.9. The maximum Gasteiger partial charge on any atom is 0.334 e. The van der Waals surface area contributed by atoms with Crippen LogP contribution in [-0.4, -0.2) is 75.1 Å². The van der Waals surface area contributed by atoms with E-state index in [-0.39, 0.29) is 43.1 Å². The number of nitrogens with one attached hydrogen (secondary N) is 1. The summed E-state index contributed by atoms with van der Waals surface area (Å²) >= 11 is 3.50. The van der Waals surface area contributed by atoms with Gasteiger partial charge in [-0.05, 0) is 41.0 Å². The first-order valence-corrected chi connectivity index (χ1v) is 13.5. The first-order valence-electron chi connectivity index (χ1n) is 12.7. The Bertz CT molecular complexity index is 1350. The van der Waals surface area contributed by atoms with Crippen molar-refractivity contribution in [2.45, 2.75) is 31.7 Å². The second-order valence-electron chi connectivity index (χ2n) is 9.82. The van der Waals surface area contributed by atoms with Crippen LogP contribution in [0.1, 0.15) is 16.7 Å². The van der Waals surface area contributed by atoms with E-state index >= 15 is 0 Å². The molecule has 0 aromatic heterocycles. The average Bonchev–Trinajstić information content (AvgIpc) is 2.91. The van der Waals surface area contributed by atoms with E-state index < -0.39 is 12.2 Å². The van der Waals surface area contributed by atoms with Gasteiger partial charge in [-0.25, -0.2) is 14.8 Å². The van der Waals surface area contributed by atoms with Gasteiger partial charge in [0.05, 0.1) is 13.1 Å². The van der Waals surface area contributed by atoms with E-state index in [9.17, 15) is 19.5 Å². The van der Waals surface area contributed by atoms with E-state index in [2.05, 4.69) is 21.2 Å². The molecule has 0 bridgehead atoms. The highest BCUT2D eigenvalue weighted by Crippen LogP contribution is 2.29. The van der Waals surface area contributed by atoms with Gasteiger partial charge in [0, 0.05) is 31.0 Å². The van der Waals surface area contributed by atoms with Gasteiger partial charge >= 0.3 is 6.03 Å². The Morgan fingerprint density at radius 2 is 1.69 bits per heavy atom. The predicted octanol–water partition coefficient (Wildman–Crippen LogP) is 3.34. The summed E-state index contributed by atoms with van der Waals surface area (Å²) in [6, 6.07) is 22.8. The van der Waals surface area contributed by atoms with Crippen LogP contribution in [0, 0.1) is 0 Å². The number of benzene rings is 3. The average molecular weight is 592 g/mol. The third-order valence-electron chi connectivity index (χ3n) is 7.06. The summed E-state index contributed by atoms with van der Waals surface area (Å²) in [6.45, 7) is 0.820. The van der Waals surface area contributed by atoms with Crippen molar-refractivity contribution >= 4 is 33.8 Å². The van der Waals surface area contributed by atoms with Crippen LogP contribution in [0.3, 0.4) is 0 Å². The van der Waals surface area contributed by atoms with Crippen LogP contribution in [0.2, 0.25) is 0 Å². The van der Waals surface area contributed by atoms with Crippen LogP contribution >= 0.6 is 15.9 Å². The number of likely N-dealkylation sites (N-methyl/N-ethyl adjacent to an activating group) is 1. The quantitative estimate of drug-likeness (QED) is 0.458. The van der Waals surface area contributed by atoms with Gasteiger partial charge in [0.1, 0.15) is 18.0 Å². The summed E-state index contributed by atoms with van der Waals surface area (Å²) in [6.07, 6.45) is -0.418. The normalized spacial score (nSPS) is 19.7. The zero-order chi connectivity index (χ0) is 27.5.